The van der Waals surface area contributed by atoms with Crippen molar-refractivity contribution in [3.05, 3.63) is 0 Å². The predicted octanol–water partition coefficient (Wildman–Crippen LogP) is 0.503. The molecule has 1 aliphatic heterocycles. The Morgan fingerprint density at radius 3 is 2.59 bits per heavy atom. The minimum absolute atomic E-state index is 0.431. The fourth-order valence-electron chi connectivity index (χ4n) is 2.04. The van der Waals surface area contributed by atoms with Crippen LogP contribution in [0.4, 0.5) is 0 Å². The van der Waals surface area contributed by atoms with Crippen LogP contribution in [0.1, 0.15) is 26.7 Å². The van der Waals surface area contributed by atoms with Gasteiger partial charge in [-0.05, 0) is 25.3 Å². The van der Waals surface area contributed by atoms with E-state index in [1.54, 1.807) is 18.4 Å². The van der Waals surface area contributed by atoms with Crippen molar-refractivity contribution >= 4 is 10.2 Å². The first-order valence-electron chi connectivity index (χ1n) is 6.25. The first kappa shape index (κ1) is 14.9. The van der Waals surface area contributed by atoms with Gasteiger partial charge in [-0.15, -0.1) is 0 Å². The van der Waals surface area contributed by atoms with Gasteiger partial charge in [0, 0.05) is 33.2 Å². The summed E-state index contributed by atoms with van der Waals surface area (Å²) in [4.78, 5) is 0. The molecule has 102 valence electrons. The third-order valence-corrected chi connectivity index (χ3v) is 4.99. The van der Waals surface area contributed by atoms with Gasteiger partial charge in [-0.3, -0.25) is 0 Å². The fraction of sp³-hybridized carbons (Fsp3) is 1.00. The fourth-order valence-corrected chi connectivity index (χ4v) is 3.26. The average Bonchev–Trinajstić information content (AvgIpc) is 2.26. The van der Waals surface area contributed by atoms with Crippen LogP contribution in [0, 0.1) is 5.92 Å². The lowest BCUT2D eigenvalue weighted by Crippen LogP contribution is -2.47. The molecule has 5 nitrogen and oxygen atoms in total. The van der Waals surface area contributed by atoms with E-state index in [1.807, 2.05) is 0 Å². The molecule has 0 aromatic rings. The third-order valence-electron chi connectivity index (χ3n) is 3.08. The van der Waals surface area contributed by atoms with Gasteiger partial charge in [0.15, 0.2) is 0 Å². The highest BCUT2D eigenvalue weighted by Crippen LogP contribution is 2.19. The smallest absolute Gasteiger partial charge is 0.281 e. The topological polar surface area (TPSA) is 52.7 Å². The molecule has 1 saturated heterocycles. The predicted molar refractivity (Wildman–Crippen MR) is 70.0 cm³/mol. The van der Waals surface area contributed by atoms with E-state index in [2.05, 4.69) is 19.2 Å². The van der Waals surface area contributed by atoms with Crippen LogP contribution in [-0.4, -0.2) is 56.8 Å². The first-order chi connectivity index (χ1) is 7.84. The Morgan fingerprint density at radius 1 is 1.41 bits per heavy atom. The summed E-state index contributed by atoms with van der Waals surface area (Å²) in [6.07, 6.45) is 2.07. The normalized spacial score (nSPS) is 23.5. The van der Waals surface area contributed by atoms with Crippen LogP contribution >= 0.6 is 0 Å². The molecule has 17 heavy (non-hydrogen) atoms. The Kier molecular flexibility index (Phi) is 5.37. The number of nitrogens with zero attached hydrogens (tertiary/aromatic N) is 2. The van der Waals surface area contributed by atoms with E-state index in [1.165, 1.54) is 4.31 Å². The van der Waals surface area contributed by atoms with Crippen molar-refractivity contribution < 1.29 is 8.42 Å². The van der Waals surface area contributed by atoms with Crippen molar-refractivity contribution in [2.45, 2.75) is 32.7 Å². The van der Waals surface area contributed by atoms with Crippen LogP contribution in [-0.2, 0) is 10.2 Å². The standard InChI is InChI=1S/C11H25N3O2S/c1-10(2)12-8-11-6-5-7-14(9-11)17(15,16)13(3)4/h10-12H,5-9H2,1-4H3. The molecule has 0 amide bonds. The highest BCUT2D eigenvalue weighted by molar-refractivity contribution is 7.86. The molecular weight excluding hydrogens is 238 g/mol. The number of hydrogen-bond donors (Lipinski definition) is 1. The molecule has 0 bridgehead atoms. The number of rotatable bonds is 5. The Bertz CT molecular complexity index is 328. The van der Waals surface area contributed by atoms with Crippen molar-refractivity contribution in [3.8, 4) is 0 Å². The molecule has 6 heteroatoms. The van der Waals surface area contributed by atoms with Crippen LogP contribution in [0.25, 0.3) is 0 Å². The maximum Gasteiger partial charge on any atom is 0.281 e. The molecule has 0 saturated carbocycles. The molecule has 0 aromatic heterocycles. The highest BCUT2D eigenvalue weighted by atomic mass is 32.2. The van der Waals surface area contributed by atoms with Crippen LogP contribution < -0.4 is 5.32 Å². The second kappa shape index (κ2) is 6.13. The molecule has 1 atom stereocenters. The largest absolute Gasteiger partial charge is 0.314 e. The zero-order valence-corrected chi connectivity index (χ0v) is 12.1. The number of nitrogens with one attached hydrogen (secondary N) is 1. The lowest BCUT2D eigenvalue weighted by atomic mass is 9.99. The molecule has 1 N–H and O–H groups in total. The van der Waals surface area contributed by atoms with Crippen molar-refractivity contribution in [1.29, 1.82) is 0 Å². The number of piperidine rings is 1. The summed E-state index contributed by atoms with van der Waals surface area (Å²) in [5.74, 6) is 0.431. The van der Waals surface area contributed by atoms with Crippen molar-refractivity contribution in [3.63, 3.8) is 0 Å². The van der Waals surface area contributed by atoms with Crippen LogP contribution in [0.2, 0.25) is 0 Å². The zero-order chi connectivity index (χ0) is 13.1. The molecule has 1 heterocycles. The van der Waals surface area contributed by atoms with E-state index in [9.17, 15) is 8.42 Å². The van der Waals surface area contributed by atoms with Gasteiger partial charge < -0.3 is 5.32 Å². The monoisotopic (exact) mass is 263 g/mol. The lowest BCUT2D eigenvalue weighted by Gasteiger charge is -2.33. The maximum absolute atomic E-state index is 12.0. The maximum atomic E-state index is 12.0. The summed E-state index contributed by atoms with van der Waals surface area (Å²) >= 11 is 0. The van der Waals surface area contributed by atoms with E-state index in [0.717, 1.165) is 19.4 Å². The van der Waals surface area contributed by atoms with Crippen molar-refractivity contribution in [2.24, 2.45) is 5.92 Å². The lowest BCUT2D eigenvalue weighted by molar-refractivity contribution is 0.247. The van der Waals surface area contributed by atoms with Crippen molar-refractivity contribution in [1.82, 2.24) is 13.9 Å². The van der Waals surface area contributed by atoms with Gasteiger partial charge in [0.1, 0.15) is 0 Å². The Labute approximate surface area is 105 Å². The van der Waals surface area contributed by atoms with E-state index in [-0.39, 0.29) is 0 Å². The summed E-state index contributed by atoms with van der Waals surface area (Å²) in [5.41, 5.74) is 0. The molecule has 0 aromatic carbocycles. The van der Waals surface area contributed by atoms with Gasteiger partial charge in [-0.2, -0.15) is 17.0 Å². The molecule has 0 spiro atoms. The van der Waals surface area contributed by atoms with Crippen LogP contribution in [0.3, 0.4) is 0 Å². The Hall–Kier alpha value is -0.170. The summed E-state index contributed by atoms with van der Waals surface area (Å²) in [6, 6.07) is 0.454. The summed E-state index contributed by atoms with van der Waals surface area (Å²) < 4.78 is 26.9. The van der Waals surface area contributed by atoms with E-state index in [4.69, 9.17) is 0 Å². The molecule has 1 aliphatic rings. The Morgan fingerprint density at radius 2 is 2.06 bits per heavy atom. The van der Waals surface area contributed by atoms with Crippen molar-refractivity contribution in [2.75, 3.05) is 33.7 Å². The van der Waals surface area contributed by atoms with Crippen LogP contribution in [0.15, 0.2) is 0 Å². The molecule has 1 rings (SSSR count). The summed E-state index contributed by atoms with van der Waals surface area (Å²) in [5, 5.41) is 3.38. The highest BCUT2D eigenvalue weighted by Gasteiger charge is 2.30. The van der Waals surface area contributed by atoms with E-state index < -0.39 is 10.2 Å². The van der Waals surface area contributed by atoms with Gasteiger partial charge in [-0.25, -0.2) is 0 Å². The molecule has 1 fully saturated rings. The SMILES string of the molecule is CC(C)NCC1CCCN(S(=O)(=O)N(C)C)C1. The Balaban J connectivity index is 2.55. The third kappa shape index (κ3) is 4.21. The molecule has 0 aliphatic carbocycles. The average molecular weight is 263 g/mol. The van der Waals surface area contributed by atoms with Crippen LogP contribution in [0.5, 0.6) is 0 Å². The van der Waals surface area contributed by atoms with E-state index in [0.29, 0.717) is 25.0 Å². The van der Waals surface area contributed by atoms with Gasteiger partial charge in [0.05, 0.1) is 0 Å². The second-order valence-electron chi connectivity index (χ2n) is 5.22. The molecule has 0 radical (unpaired) electrons. The molecular formula is C11H25N3O2S. The zero-order valence-electron chi connectivity index (χ0n) is 11.3. The summed E-state index contributed by atoms with van der Waals surface area (Å²) in [7, 11) is -0.0553. The van der Waals surface area contributed by atoms with E-state index >= 15 is 0 Å². The molecule has 1 unspecified atom stereocenters. The summed E-state index contributed by atoms with van der Waals surface area (Å²) in [6.45, 7) is 6.41. The first-order valence-corrected chi connectivity index (χ1v) is 7.64. The van der Waals surface area contributed by atoms with Gasteiger partial charge >= 0.3 is 0 Å². The van der Waals surface area contributed by atoms with Gasteiger partial charge in [-0.1, -0.05) is 13.8 Å². The number of hydrogen-bond acceptors (Lipinski definition) is 3. The minimum Gasteiger partial charge on any atom is -0.314 e. The second-order valence-corrected chi connectivity index (χ2v) is 7.36. The van der Waals surface area contributed by atoms with Gasteiger partial charge in [0.2, 0.25) is 0 Å². The minimum atomic E-state index is -3.23. The quantitative estimate of drug-likeness (QED) is 0.786. The van der Waals surface area contributed by atoms with Gasteiger partial charge in [0.25, 0.3) is 10.2 Å².